The van der Waals surface area contributed by atoms with Crippen LogP contribution in [0.15, 0.2) is 48.0 Å². The molecule has 0 spiro atoms. The molecule has 0 unspecified atom stereocenters. The first kappa shape index (κ1) is 14.2. The van der Waals surface area contributed by atoms with E-state index in [2.05, 4.69) is 20.5 Å². The highest BCUT2D eigenvalue weighted by molar-refractivity contribution is 7.80. The summed E-state index contributed by atoms with van der Waals surface area (Å²) >= 11 is 4.74. The number of hydrazone groups is 1. The Labute approximate surface area is 132 Å². The second-order valence-electron chi connectivity index (χ2n) is 4.74. The number of nitrogens with zero attached hydrogens (tertiary/aromatic N) is 4. The highest BCUT2D eigenvalue weighted by Crippen LogP contribution is 2.23. The molecule has 0 bridgehead atoms. The van der Waals surface area contributed by atoms with Crippen molar-refractivity contribution in [1.29, 1.82) is 0 Å². The molecule has 3 N–H and O–H groups in total. The Morgan fingerprint density at radius 3 is 2.95 bits per heavy atom. The molecule has 6 nitrogen and oxygen atoms in total. The van der Waals surface area contributed by atoms with E-state index in [4.69, 9.17) is 18.0 Å². The van der Waals surface area contributed by atoms with Crippen LogP contribution in [-0.2, 0) is 7.05 Å². The van der Waals surface area contributed by atoms with Crippen LogP contribution in [-0.4, -0.2) is 25.9 Å². The summed E-state index contributed by atoms with van der Waals surface area (Å²) in [6, 6.07) is 9.84. The van der Waals surface area contributed by atoms with Gasteiger partial charge in [0.25, 0.3) is 0 Å². The Bertz CT molecular complexity index is 867. The maximum Gasteiger partial charge on any atom is 0.184 e. The van der Waals surface area contributed by atoms with E-state index in [0.29, 0.717) is 0 Å². The molecule has 0 aliphatic heterocycles. The molecule has 7 heteroatoms. The molecule has 3 rings (SSSR count). The van der Waals surface area contributed by atoms with Gasteiger partial charge in [0.15, 0.2) is 5.11 Å². The number of imidazole rings is 1. The van der Waals surface area contributed by atoms with Crippen LogP contribution in [0.3, 0.4) is 0 Å². The second-order valence-corrected chi connectivity index (χ2v) is 5.18. The topological polar surface area (TPSA) is 81.1 Å². The molecule has 0 atom stereocenters. The summed E-state index contributed by atoms with van der Waals surface area (Å²) in [6.45, 7) is 0. The molecule has 2 heterocycles. The van der Waals surface area contributed by atoms with Gasteiger partial charge in [0.05, 0.1) is 35.6 Å². The Morgan fingerprint density at radius 2 is 2.23 bits per heavy atom. The number of thiocarbonyl (C=S) groups is 1. The number of para-hydroxylation sites is 1. The quantitative estimate of drug-likeness (QED) is 0.438. The van der Waals surface area contributed by atoms with Gasteiger partial charge in [-0.1, -0.05) is 18.2 Å². The lowest BCUT2D eigenvalue weighted by Crippen LogP contribution is -2.24. The molecule has 22 heavy (non-hydrogen) atoms. The number of benzene rings is 1. The van der Waals surface area contributed by atoms with Gasteiger partial charge in [-0.2, -0.15) is 5.10 Å². The minimum absolute atomic E-state index is 0.126. The highest BCUT2D eigenvalue weighted by Gasteiger charge is 2.08. The molecule has 0 saturated carbocycles. The Morgan fingerprint density at radius 1 is 1.41 bits per heavy atom. The summed E-state index contributed by atoms with van der Waals surface area (Å²) in [6.07, 6.45) is 5.21. The van der Waals surface area contributed by atoms with E-state index in [1.807, 2.05) is 41.9 Å². The fourth-order valence-electron chi connectivity index (χ4n) is 2.21. The average Bonchev–Trinajstić information content (AvgIpc) is 2.93. The largest absolute Gasteiger partial charge is 0.375 e. The van der Waals surface area contributed by atoms with Gasteiger partial charge in [-0.25, -0.2) is 9.97 Å². The third kappa shape index (κ3) is 2.79. The third-order valence-corrected chi connectivity index (χ3v) is 3.30. The highest BCUT2D eigenvalue weighted by atomic mass is 32.1. The van der Waals surface area contributed by atoms with E-state index in [-0.39, 0.29) is 5.11 Å². The van der Waals surface area contributed by atoms with Crippen LogP contribution >= 0.6 is 12.2 Å². The van der Waals surface area contributed by atoms with E-state index in [1.165, 1.54) is 0 Å². The van der Waals surface area contributed by atoms with Crippen molar-refractivity contribution in [3.05, 3.63) is 48.4 Å². The zero-order valence-electron chi connectivity index (χ0n) is 11.9. The van der Waals surface area contributed by atoms with Gasteiger partial charge in [-0.15, -0.1) is 0 Å². The third-order valence-electron chi connectivity index (χ3n) is 3.21. The number of hydrogen-bond acceptors (Lipinski definition) is 4. The maximum atomic E-state index is 5.38. The molecular weight excluding hydrogens is 296 g/mol. The first-order valence-corrected chi connectivity index (χ1v) is 7.01. The lowest BCUT2D eigenvalue weighted by Gasteiger charge is -2.07. The smallest absolute Gasteiger partial charge is 0.184 e. The van der Waals surface area contributed by atoms with Gasteiger partial charge in [0, 0.05) is 18.0 Å². The van der Waals surface area contributed by atoms with E-state index in [0.717, 1.165) is 27.9 Å². The van der Waals surface area contributed by atoms with Crippen LogP contribution in [0.1, 0.15) is 5.56 Å². The number of nitrogens with two attached hydrogens (primary N) is 1. The molecule has 0 saturated heterocycles. The van der Waals surface area contributed by atoms with Gasteiger partial charge in [-0.05, 0) is 24.4 Å². The van der Waals surface area contributed by atoms with Crippen molar-refractivity contribution >= 4 is 34.4 Å². The average molecular weight is 310 g/mol. The Hall–Kier alpha value is -2.80. The van der Waals surface area contributed by atoms with Crippen molar-refractivity contribution in [1.82, 2.24) is 20.0 Å². The first-order valence-electron chi connectivity index (χ1n) is 6.60. The number of rotatable bonds is 3. The number of pyridine rings is 1. The minimum Gasteiger partial charge on any atom is -0.375 e. The zero-order chi connectivity index (χ0) is 15.5. The maximum absolute atomic E-state index is 5.38. The molecule has 110 valence electrons. The molecule has 0 fully saturated rings. The van der Waals surface area contributed by atoms with Gasteiger partial charge < -0.3 is 10.3 Å². The number of aromatic nitrogens is 3. The van der Waals surface area contributed by atoms with Crippen LogP contribution < -0.4 is 11.2 Å². The van der Waals surface area contributed by atoms with Crippen LogP contribution in [0.4, 0.5) is 0 Å². The summed E-state index contributed by atoms with van der Waals surface area (Å²) in [5, 5.41) is 5.17. The fraction of sp³-hybridized carbons (Fsp3) is 0.0667. The molecular formula is C15H14N6S. The van der Waals surface area contributed by atoms with E-state index in [9.17, 15) is 0 Å². The SMILES string of the molecule is Cn1cncc1-c1cc(C=NNC(N)=S)c2ccccc2n1. The summed E-state index contributed by atoms with van der Waals surface area (Å²) in [5.74, 6) is 0. The van der Waals surface area contributed by atoms with Gasteiger partial charge in [-0.3, -0.25) is 5.43 Å². The Kier molecular flexibility index (Phi) is 3.80. The van der Waals surface area contributed by atoms with Crippen molar-refractivity contribution in [2.45, 2.75) is 0 Å². The normalized spacial score (nSPS) is 11.1. The van der Waals surface area contributed by atoms with E-state index < -0.39 is 0 Å². The predicted octanol–water partition coefficient (Wildman–Crippen LogP) is 1.80. The summed E-state index contributed by atoms with van der Waals surface area (Å²) < 4.78 is 1.92. The van der Waals surface area contributed by atoms with Gasteiger partial charge >= 0.3 is 0 Å². The van der Waals surface area contributed by atoms with Crippen LogP contribution in [0.5, 0.6) is 0 Å². The van der Waals surface area contributed by atoms with Crippen LogP contribution in [0, 0.1) is 0 Å². The number of aryl methyl sites for hydroxylation is 1. The van der Waals surface area contributed by atoms with Crippen molar-refractivity contribution in [3.8, 4) is 11.4 Å². The zero-order valence-corrected chi connectivity index (χ0v) is 12.7. The van der Waals surface area contributed by atoms with Crippen molar-refractivity contribution in [2.24, 2.45) is 17.9 Å². The molecule has 2 aromatic heterocycles. The van der Waals surface area contributed by atoms with Crippen molar-refractivity contribution in [3.63, 3.8) is 0 Å². The standard InChI is InChI=1S/C15H14N6S/c1-21-9-17-8-14(21)13-6-10(7-18-20-15(16)22)11-4-2-3-5-12(11)19-13/h2-9H,1H3,(H3,16,20,22). The van der Waals surface area contributed by atoms with Crippen molar-refractivity contribution in [2.75, 3.05) is 0 Å². The number of fused-ring (bicyclic) bond motifs is 1. The molecule has 0 radical (unpaired) electrons. The summed E-state index contributed by atoms with van der Waals surface area (Å²) in [7, 11) is 1.93. The minimum atomic E-state index is 0.126. The monoisotopic (exact) mass is 310 g/mol. The van der Waals surface area contributed by atoms with Gasteiger partial charge in [0.1, 0.15) is 0 Å². The lowest BCUT2D eigenvalue weighted by atomic mass is 10.1. The molecule has 1 aromatic carbocycles. The fourth-order valence-corrected chi connectivity index (χ4v) is 2.26. The van der Waals surface area contributed by atoms with Gasteiger partial charge in [0.2, 0.25) is 0 Å². The second kappa shape index (κ2) is 5.90. The van der Waals surface area contributed by atoms with E-state index >= 15 is 0 Å². The Balaban J connectivity index is 2.14. The predicted molar refractivity (Wildman–Crippen MR) is 91.5 cm³/mol. The lowest BCUT2D eigenvalue weighted by molar-refractivity contribution is 0.917. The van der Waals surface area contributed by atoms with Crippen LogP contribution in [0.25, 0.3) is 22.3 Å². The molecule has 3 aromatic rings. The first-order chi connectivity index (χ1) is 10.6. The van der Waals surface area contributed by atoms with E-state index in [1.54, 1.807) is 18.7 Å². The number of hydrogen-bond donors (Lipinski definition) is 2. The van der Waals surface area contributed by atoms with Crippen molar-refractivity contribution < 1.29 is 0 Å². The number of nitrogens with one attached hydrogen (secondary N) is 1. The molecule has 0 aliphatic carbocycles. The molecule has 0 amide bonds. The summed E-state index contributed by atoms with van der Waals surface area (Å²) in [4.78, 5) is 8.83. The summed E-state index contributed by atoms with van der Waals surface area (Å²) in [5.41, 5.74) is 11.5. The molecule has 0 aliphatic rings. The van der Waals surface area contributed by atoms with Crippen LogP contribution in [0.2, 0.25) is 0 Å².